The molecule has 0 spiro atoms. The van der Waals surface area contributed by atoms with Crippen molar-refractivity contribution < 1.29 is 0 Å². The molecule has 2 nitrogen and oxygen atoms in total. The lowest BCUT2D eigenvalue weighted by molar-refractivity contribution is 0.369. The Morgan fingerprint density at radius 3 is 2.84 bits per heavy atom. The van der Waals surface area contributed by atoms with Gasteiger partial charge in [0.2, 0.25) is 0 Å². The Labute approximate surface area is 119 Å². The molecule has 1 heterocycles. The molecule has 2 aromatic rings. The van der Waals surface area contributed by atoms with Crippen molar-refractivity contribution >= 4 is 22.5 Å². The van der Waals surface area contributed by atoms with E-state index in [9.17, 15) is 0 Å². The van der Waals surface area contributed by atoms with Crippen LogP contribution >= 0.6 is 11.6 Å². The molecule has 0 saturated heterocycles. The van der Waals surface area contributed by atoms with E-state index in [1.807, 2.05) is 6.07 Å². The molecule has 0 unspecified atom stereocenters. The summed E-state index contributed by atoms with van der Waals surface area (Å²) in [6, 6.07) is 8.99. The summed E-state index contributed by atoms with van der Waals surface area (Å²) in [5.41, 5.74) is 1.23. The second kappa shape index (κ2) is 5.98. The third-order valence-electron chi connectivity index (χ3n) is 4.13. The van der Waals surface area contributed by atoms with Crippen molar-refractivity contribution in [2.45, 2.75) is 44.7 Å². The van der Waals surface area contributed by atoms with Crippen LogP contribution < -0.4 is 5.32 Å². The molecule has 1 saturated carbocycles. The van der Waals surface area contributed by atoms with Gasteiger partial charge < -0.3 is 9.88 Å². The number of nitrogens with one attached hydrogen (secondary N) is 1. The van der Waals surface area contributed by atoms with Crippen LogP contribution in [0.2, 0.25) is 5.02 Å². The van der Waals surface area contributed by atoms with Gasteiger partial charge in [0.05, 0.1) is 0 Å². The molecule has 3 heteroatoms. The first kappa shape index (κ1) is 13.0. The maximum atomic E-state index is 6.07. The number of hydrogen-bond donors (Lipinski definition) is 1. The fourth-order valence-electron chi connectivity index (χ4n) is 3.05. The number of fused-ring (bicyclic) bond motifs is 1. The largest absolute Gasteiger partial charge is 0.346 e. The molecule has 1 N–H and O–H groups in total. The van der Waals surface area contributed by atoms with Crippen LogP contribution in [0, 0.1) is 0 Å². The van der Waals surface area contributed by atoms with Gasteiger partial charge in [0.15, 0.2) is 0 Å². The van der Waals surface area contributed by atoms with Crippen LogP contribution in [0.4, 0.5) is 0 Å². The predicted octanol–water partition coefficient (Wildman–Crippen LogP) is 4.22. The van der Waals surface area contributed by atoms with Crippen LogP contribution in [0.3, 0.4) is 0 Å². The molecule has 0 aliphatic heterocycles. The lowest BCUT2D eigenvalue weighted by atomic mass is 9.95. The standard InChI is InChI=1S/C16H21ClN2/c17-14-7-6-13-8-10-19(16(13)12-14)11-9-18-15-4-2-1-3-5-15/h6-8,10,12,15,18H,1-5,9,11H2. The quantitative estimate of drug-likeness (QED) is 0.885. The second-order valence-corrected chi connectivity index (χ2v) is 5.94. The molecule has 0 atom stereocenters. The van der Waals surface area contributed by atoms with Crippen molar-refractivity contribution in [2.75, 3.05) is 6.54 Å². The van der Waals surface area contributed by atoms with E-state index in [1.54, 1.807) is 0 Å². The minimum Gasteiger partial charge on any atom is -0.346 e. The number of rotatable bonds is 4. The fraction of sp³-hybridized carbons (Fsp3) is 0.500. The van der Waals surface area contributed by atoms with Gasteiger partial charge in [-0.05, 0) is 36.4 Å². The van der Waals surface area contributed by atoms with Gasteiger partial charge in [-0.2, -0.15) is 0 Å². The molecule has 0 amide bonds. The van der Waals surface area contributed by atoms with Crippen molar-refractivity contribution in [1.29, 1.82) is 0 Å². The Balaban J connectivity index is 1.60. The molecule has 0 bridgehead atoms. The summed E-state index contributed by atoms with van der Waals surface area (Å²) < 4.78 is 2.29. The van der Waals surface area contributed by atoms with E-state index >= 15 is 0 Å². The van der Waals surface area contributed by atoms with E-state index in [1.165, 1.54) is 43.0 Å². The zero-order chi connectivity index (χ0) is 13.1. The lowest BCUT2D eigenvalue weighted by Crippen LogP contribution is -2.33. The number of benzene rings is 1. The number of nitrogens with zero attached hydrogens (tertiary/aromatic N) is 1. The highest BCUT2D eigenvalue weighted by Gasteiger charge is 2.12. The molecule has 19 heavy (non-hydrogen) atoms. The molecule has 0 radical (unpaired) electrons. The maximum Gasteiger partial charge on any atom is 0.0495 e. The molecule has 1 aliphatic rings. The van der Waals surface area contributed by atoms with Gasteiger partial charge >= 0.3 is 0 Å². The van der Waals surface area contributed by atoms with Crippen molar-refractivity contribution in [3.8, 4) is 0 Å². The molecule has 1 aliphatic carbocycles. The first-order valence-corrected chi connectivity index (χ1v) is 7.68. The zero-order valence-corrected chi connectivity index (χ0v) is 12.0. The fourth-order valence-corrected chi connectivity index (χ4v) is 3.21. The van der Waals surface area contributed by atoms with Gasteiger partial charge in [-0.3, -0.25) is 0 Å². The van der Waals surface area contributed by atoms with Crippen molar-refractivity contribution in [2.24, 2.45) is 0 Å². The second-order valence-electron chi connectivity index (χ2n) is 5.50. The third-order valence-corrected chi connectivity index (χ3v) is 4.36. The summed E-state index contributed by atoms with van der Waals surface area (Å²) in [5.74, 6) is 0. The summed E-state index contributed by atoms with van der Waals surface area (Å²) in [4.78, 5) is 0. The molecule has 1 aromatic heterocycles. The number of halogens is 1. The Hall–Kier alpha value is -0.990. The van der Waals surface area contributed by atoms with E-state index in [0.29, 0.717) is 0 Å². The Morgan fingerprint density at radius 2 is 2.00 bits per heavy atom. The SMILES string of the molecule is Clc1ccc2ccn(CCNC3CCCCC3)c2c1. The van der Waals surface area contributed by atoms with E-state index in [2.05, 4.69) is 34.3 Å². The normalized spacial score (nSPS) is 17.1. The first-order valence-electron chi connectivity index (χ1n) is 7.31. The van der Waals surface area contributed by atoms with Crippen molar-refractivity contribution in [3.05, 3.63) is 35.5 Å². The minimum absolute atomic E-state index is 0.735. The molecule has 102 valence electrons. The van der Waals surface area contributed by atoms with E-state index in [0.717, 1.165) is 24.2 Å². The molecule has 1 fully saturated rings. The molecule has 1 aromatic carbocycles. The topological polar surface area (TPSA) is 17.0 Å². The maximum absolute atomic E-state index is 6.07. The van der Waals surface area contributed by atoms with Crippen molar-refractivity contribution in [3.63, 3.8) is 0 Å². The zero-order valence-electron chi connectivity index (χ0n) is 11.2. The van der Waals surface area contributed by atoms with Crippen molar-refractivity contribution in [1.82, 2.24) is 9.88 Å². The number of hydrogen-bond acceptors (Lipinski definition) is 1. The Kier molecular flexibility index (Phi) is 4.09. The monoisotopic (exact) mass is 276 g/mol. The van der Waals surface area contributed by atoms with Gasteiger partial charge in [-0.25, -0.2) is 0 Å². The summed E-state index contributed by atoms with van der Waals surface area (Å²) in [7, 11) is 0. The summed E-state index contributed by atoms with van der Waals surface area (Å²) >= 11 is 6.07. The minimum atomic E-state index is 0.735. The van der Waals surface area contributed by atoms with Crippen LogP contribution in [-0.2, 0) is 6.54 Å². The highest BCUT2D eigenvalue weighted by molar-refractivity contribution is 6.31. The van der Waals surface area contributed by atoms with Gasteiger partial charge in [0, 0.05) is 35.9 Å². The first-order chi connectivity index (χ1) is 9.33. The highest BCUT2D eigenvalue weighted by atomic mass is 35.5. The van der Waals surface area contributed by atoms with Gasteiger partial charge in [0.1, 0.15) is 0 Å². The van der Waals surface area contributed by atoms with Gasteiger partial charge in [-0.15, -0.1) is 0 Å². The van der Waals surface area contributed by atoms with E-state index in [-0.39, 0.29) is 0 Å². The lowest BCUT2D eigenvalue weighted by Gasteiger charge is -2.23. The Morgan fingerprint density at radius 1 is 1.16 bits per heavy atom. The van der Waals surface area contributed by atoms with Gasteiger partial charge in [0.25, 0.3) is 0 Å². The summed E-state index contributed by atoms with van der Waals surface area (Å²) in [6.45, 7) is 2.06. The average molecular weight is 277 g/mol. The smallest absolute Gasteiger partial charge is 0.0495 e. The van der Waals surface area contributed by atoms with Crippen LogP contribution in [-0.4, -0.2) is 17.2 Å². The summed E-state index contributed by atoms with van der Waals surface area (Å²) in [6.07, 6.45) is 9.04. The van der Waals surface area contributed by atoms with Gasteiger partial charge in [-0.1, -0.05) is 36.9 Å². The average Bonchev–Trinajstić information content (AvgIpc) is 2.83. The number of aromatic nitrogens is 1. The van der Waals surface area contributed by atoms with Crippen LogP contribution in [0.25, 0.3) is 10.9 Å². The third kappa shape index (κ3) is 3.13. The van der Waals surface area contributed by atoms with E-state index < -0.39 is 0 Å². The Bertz CT molecular complexity index is 541. The summed E-state index contributed by atoms with van der Waals surface area (Å²) in [5, 5.41) is 5.76. The van der Waals surface area contributed by atoms with Crippen LogP contribution in [0.15, 0.2) is 30.5 Å². The molecular formula is C16H21ClN2. The molecular weight excluding hydrogens is 256 g/mol. The molecule has 3 rings (SSSR count). The predicted molar refractivity (Wildman–Crippen MR) is 81.8 cm³/mol. The van der Waals surface area contributed by atoms with Crippen LogP contribution in [0.5, 0.6) is 0 Å². The van der Waals surface area contributed by atoms with E-state index in [4.69, 9.17) is 11.6 Å². The highest BCUT2D eigenvalue weighted by Crippen LogP contribution is 2.20. The van der Waals surface area contributed by atoms with Crippen LogP contribution in [0.1, 0.15) is 32.1 Å².